The van der Waals surface area contributed by atoms with Crippen molar-refractivity contribution in [3.05, 3.63) is 46.7 Å². The van der Waals surface area contributed by atoms with E-state index in [2.05, 4.69) is 9.84 Å². The summed E-state index contributed by atoms with van der Waals surface area (Å²) in [7, 11) is 0. The lowest BCUT2D eigenvalue weighted by Gasteiger charge is -2.15. The fourth-order valence-electron chi connectivity index (χ4n) is 1.95. The molecule has 108 valence electrons. The van der Waals surface area contributed by atoms with Crippen LogP contribution in [0.5, 0.6) is 5.75 Å². The van der Waals surface area contributed by atoms with Crippen molar-refractivity contribution in [1.82, 2.24) is 9.78 Å². The first-order chi connectivity index (χ1) is 9.52. The summed E-state index contributed by atoms with van der Waals surface area (Å²) in [6, 6.07) is 5.67. The van der Waals surface area contributed by atoms with E-state index >= 15 is 0 Å². The summed E-state index contributed by atoms with van der Waals surface area (Å²) in [4.78, 5) is 0. The molecule has 0 fully saturated rings. The molecule has 1 unspecified atom stereocenters. The van der Waals surface area contributed by atoms with Gasteiger partial charge < -0.3 is 10.5 Å². The lowest BCUT2D eigenvalue weighted by molar-refractivity contribution is -0.0498. The van der Waals surface area contributed by atoms with Crippen molar-refractivity contribution in [3.8, 4) is 5.75 Å². The lowest BCUT2D eigenvalue weighted by Crippen LogP contribution is -2.17. The standard InChI is InChI=1S/C13H14ClF2N3O/c1-2-19-12(10(14)7-18-19)11(17)8-3-5-9(6-4-8)20-13(15)16/h3-7,11,13H,2,17H2,1H3. The highest BCUT2D eigenvalue weighted by molar-refractivity contribution is 6.31. The van der Waals surface area contributed by atoms with Crippen LogP contribution in [-0.2, 0) is 6.54 Å². The molecule has 20 heavy (non-hydrogen) atoms. The molecule has 0 aliphatic rings. The summed E-state index contributed by atoms with van der Waals surface area (Å²) < 4.78 is 30.2. The zero-order valence-corrected chi connectivity index (χ0v) is 11.5. The number of rotatable bonds is 5. The lowest BCUT2D eigenvalue weighted by atomic mass is 10.0. The number of hydrogen-bond donors (Lipinski definition) is 1. The van der Waals surface area contributed by atoms with Gasteiger partial charge in [0.15, 0.2) is 0 Å². The molecule has 0 aliphatic heterocycles. The number of benzene rings is 1. The van der Waals surface area contributed by atoms with Crippen LogP contribution in [0.15, 0.2) is 30.5 Å². The number of nitrogens with two attached hydrogens (primary N) is 1. The van der Waals surface area contributed by atoms with E-state index in [-0.39, 0.29) is 5.75 Å². The molecule has 1 aromatic carbocycles. The van der Waals surface area contributed by atoms with Gasteiger partial charge in [0.05, 0.1) is 23.0 Å². The smallest absolute Gasteiger partial charge is 0.387 e. The number of aromatic nitrogens is 2. The molecule has 0 spiro atoms. The van der Waals surface area contributed by atoms with E-state index in [4.69, 9.17) is 17.3 Å². The van der Waals surface area contributed by atoms with Crippen molar-refractivity contribution in [1.29, 1.82) is 0 Å². The Kier molecular flexibility index (Phi) is 4.57. The molecule has 1 atom stereocenters. The molecule has 0 amide bonds. The monoisotopic (exact) mass is 301 g/mol. The van der Waals surface area contributed by atoms with Crippen LogP contribution in [0.3, 0.4) is 0 Å². The summed E-state index contributed by atoms with van der Waals surface area (Å²) in [5.74, 6) is 0.0889. The number of alkyl halides is 2. The molecule has 7 heteroatoms. The van der Waals surface area contributed by atoms with E-state index in [9.17, 15) is 8.78 Å². The van der Waals surface area contributed by atoms with E-state index in [1.165, 1.54) is 18.3 Å². The van der Waals surface area contributed by atoms with Crippen LogP contribution in [-0.4, -0.2) is 16.4 Å². The topological polar surface area (TPSA) is 53.1 Å². The number of hydrogen-bond acceptors (Lipinski definition) is 3. The summed E-state index contributed by atoms with van der Waals surface area (Å²) >= 11 is 6.08. The van der Waals surface area contributed by atoms with Gasteiger partial charge in [-0.25, -0.2) is 0 Å². The minimum Gasteiger partial charge on any atom is -0.435 e. The zero-order valence-electron chi connectivity index (χ0n) is 10.8. The van der Waals surface area contributed by atoms with Gasteiger partial charge in [0, 0.05) is 6.54 Å². The molecule has 0 aliphatic carbocycles. The third kappa shape index (κ3) is 3.08. The summed E-state index contributed by atoms with van der Waals surface area (Å²) in [5.41, 5.74) is 7.59. The molecular formula is C13H14ClF2N3O. The molecule has 0 saturated heterocycles. The number of halogens is 3. The molecule has 0 bridgehead atoms. The van der Waals surface area contributed by atoms with Crippen molar-refractivity contribution in [2.45, 2.75) is 26.1 Å². The van der Waals surface area contributed by atoms with Gasteiger partial charge in [-0.05, 0) is 24.6 Å². The predicted molar refractivity (Wildman–Crippen MR) is 72.0 cm³/mol. The average molecular weight is 302 g/mol. The Morgan fingerprint density at radius 2 is 2.00 bits per heavy atom. The SMILES string of the molecule is CCn1ncc(Cl)c1C(N)c1ccc(OC(F)F)cc1. The maximum Gasteiger partial charge on any atom is 0.387 e. The van der Waals surface area contributed by atoms with Gasteiger partial charge >= 0.3 is 6.61 Å². The van der Waals surface area contributed by atoms with Crippen LogP contribution in [0.25, 0.3) is 0 Å². The maximum absolute atomic E-state index is 12.1. The molecule has 4 nitrogen and oxygen atoms in total. The van der Waals surface area contributed by atoms with Crippen LogP contribution in [0.4, 0.5) is 8.78 Å². The van der Waals surface area contributed by atoms with E-state index in [0.717, 1.165) is 5.56 Å². The first-order valence-electron chi connectivity index (χ1n) is 6.04. The highest BCUT2D eigenvalue weighted by Gasteiger charge is 2.18. The first-order valence-corrected chi connectivity index (χ1v) is 6.42. The van der Waals surface area contributed by atoms with Crippen molar-refractivity contribution in [2.24, 2.45) is 5.73 Å². The summed E-state index contributed by atoms with van der Waals surface area (Å²) in [6.07, 6.45) is 1.54. The highest BCUT2D eigenvalue weighted by atomic mass is 35.5. The van der Waals surface area contributed by atoms with Crippen molar-refractivity contribution in [3.63, 3.8) is 0 Å². The Labute approximate surface area is 120 Å². The van der Waals surface area contributed by atoms with Gasteiger partial charge in [-0.2, -0.15) is 13.9 Å². The second kappa shape index (κ2) is 6.19. The second-order valence-electron chi connectivity index (χ2n) is 4.12. The first kappa shape index (κ1) is 14.7. The number of ether oxygens (including phenoxy) is 1. The highest BCUT2D eigenvalue weighted by Crippen LogP contribution is 2.27. The Bertz CT molecular complexity index is 571. The van der Waals surface area contributed by atoms with Gasteiger partial charge in [-0.3, -0.25) is 4.68 Å². The van der Waals surface area contributed by atoms with Crippen LogP contribution in [0, 0.1) is 0 Å². The minimum absolute atomic E-state index is 0.0889. The van der Waals surface area contributed by atoms with Crippen LogP contribution in [0.1, 0.15) is 24.2 Å². The molecule has 2 rings (SSSR count). The Balaban J connectivity index is 2.24. The normalized spacial score (nSPS) is 12.7. The fraction of sp³-hybridized carbons (Fsp3) is 0.308. The molecule has 1 heterocycles. The van der Waals surface area contributed by atoms with Gasteiger partial charge in [0.1, 0.15) is 5.75 Å². The van der Waals surface area contributed by atoms with Crippen LogP contribution < -0.4 is 10.5 Å². The van der Waals surface area contributed by atoms with Gasteiger partial charge in [-0.15, -0.1) is 0 Å². The van der Waals surface area contributed by atoms with Gasteiger partial charge in [0.2, 0.25) is 0 Å². The van der Waals surface area contributed by atoms with E-state index < -0.39 is 12.7 Å². The Morgan fingerprint density at radius 1 is 1.35 bits per heavy atom. The molecule has 0 saturated carbocycles. The Hall–Kier alpha value is -1.66. The molecule has 2 aromatic rings. The van der Waals surface area contributed by atoms with Crippen LogP contribution >= 0.6 is 11.6 Å². The predicted octanol–water partition coefficient (Wildman–Crippen LogP) is 3.21. The fourth-order valence-corrected chi connectivity index (χ4v) is 2.21. The van der Waals surface area contributed by atoms with Crippen molar-refractivity contribution in [2.75, 3.05) is 0 Å². The van der Waals surface area contributed by atoms with Crippen molar-refractivity contribution < 1.29 is 13.5 Å². The maximum atomic E-state index is 12.1. The minimum atomic E-state index is -2.84. The molecule has 2 N–H and O–H groups in total. The van der Waals surface area contributed by atoms with E-state index in [1.807, 2.05) is 6.92 Å². The third-order valence-electron chi connectivity index (χ3n) is 2.89. The molecular weight excluding hydrogens is 288 g/mol. The summed E-state index contributed by atoms with van der Waals surface area (Å²) in [5, 5.41) is 4.60. The van der Waals surface area contributed by atoms with Crippen molar-refractivity contribution >= 4 is 11.6 Å². The zero-order chi connectivity index (χ0) is 14.7. The largest absolute Gasteiger partial charge is 0.435 e. The third-order valence-corrected chi connectivity index (χ3v) is 3.18. The average Bonchev–Trinajstić information content (AvgIpc) is 2.79. The number of aryl methyl sites for hydroxylation is 1. The number of nitrogens with zero attached hydrogens (tertiary/aromatic N) is 2. The summed E-state index contributed by atoms with van der Waals surface area (Å²) in [6.45, 7) is -0.271. The second-order valence-corrected chi connectivity index (χ2v) is 4.53. The molecule has 1 aromatic heterocycles. The van der Waals surface area contributed by atoms with Gasteiger partial charge in [-0.1, -0.05) is 23.7 Å². The quantitative estimate of drug-likeness (QED) is 0.922. The Morgan fingerprint density at radius 3 is 2.55 bits per heavy atom. The van der Waals surface area contributed by atoms with Gasteiger partial charge in [0.25, 0.3) is 0 Å². The molecule has 0 radical (unpaired) electrons. The van der Waals surface area contributed by atoms with Crippen LogP contribution in [0.2, 0.25) is 5.02 Å². The van der Waals surface area contributed by atoms with E-state index in [1.54, 1.807) is 16.8 Å². The van der Waals surface area contributed by atoms with E-state index in [0.29, 0.717) is 17.3 Å².